The summed E-state index contributed by atoms with van der Waals surface area (Å²) < 4.78 is 54.4. The predicted octanol–water partition coefficient (Wildman–Crippen LogP) is 0.421. The molecule has 15 heavy (non-hydrogen) atoms. The van der Waals surface area contributed by atoms with Crippen LogP contribution in [-0.2, 0) is 25.3 Å². The molecule has 0 unspecified atom stereocenters. The van der Waals surface area contributed by atoms with E-state index in [4.69, 9.17) is 5.04 Å². The van der Waals surface area contributed by atoms with Gasteiger partial charge in [0.25, 0.3) is 0 Å². The fraction of sp³-hybridized carbons (Fsp3) is 1.00. The molecular weight excluding hydrogens is 351 g/mol. The van der Waals surface area contributed by atoms with Crippen molar-refractivity contribution in [2.45, 2.75) is 22.7 Å². The molecule has 0 bridgehead atoms. The van der Waals surface area contributed by atoms with Crippen LogP contribution in [0.1, 0.15) is 13.8 Å². The average molecular weight is 367 g/mol. The third kappa shape index (κ3) is 6.71. The number of rotatable bonds is 6. The molecule has 0 fully saturated rings. The summed E-state index contributed by atoms with van der Waals surface area (Å²) in [4.78, 5) is 0. The maximum atomic E-state index is 11.0. The van der Waals surface area contributed by atoms with Crippen LogP contribution in [0.15, 0.2) is 0 Å². The second-order valence-corrected chi connectivity index (χ2v) is 18.4. The minimum atomic E-state index is -3.99. The van der Waals surface area contributed by atoms with Gasteiger partial charge in [-0.05, 0) is 0 Å². The van der Waals surface area contributed by atoms with Gasteiger partial charge in [0, 0.05) is 0 Å². The van der Waals surface area contributed by atoms with Gasteiger partial charge in [-0.25, -0.2) is 0 Å². The summed E-state index contributed by atoms with van der Waals surface area (Å²) in [5.74, 6) is 0. The molecule has 0 saturated heterocycles. The third-order valence-electron chi connectivity index (χ3n) is 1.68. The molecule has 0 saturated carbocycles. The zero-order valence-electron chi connectivity index (χ0n) is 9.18. The standard InChI is InChI=1S/2C2H5.2CH4O3S.Sn/c2*1-2;2*1-5(2,3)4;/h2*1H2,2H3;2*1H3,(H,2,3,4);/q;;;;+2/p-2. The van der Waals surface area contributed by atoms with E-state index in [1.165, 1.54) is 0 Å². The molecule has 0 amide bonds. The van der Waals surface area contributed by atoms with E-state index in [2.05, 4.69) is 0 Å². The first-order chi connectivity index (χ1) is 6.54. The molecule has 0 spiro atoms. The van der Waals surface area contributed by atoms with Crippen LogP contribution < -0.4 is 0 Å². The molecule has 0 atom stereocenters. The van der Waals surface area contributed by atoms with Gasteiger partial charge in [-0.3, -0.25) is 0 Å². The first-order valence-corrected chi connectivity index (χ1v) is 14.3. The Kier molecular flexibility index (Phi) is 5.52. The molecule has 0 aliphatic heterocycles. The molecule has 0 heterocycles. The van der Waals surface area contributed by atoms with Crippen molar-refractivity contribution in [3.63, 3.8) is 0 Å². The van der Waals surface area contributed by atoms with Crippen molar-refractivity contribution in [1.29, 1.82) is 0 Å². The van der Waals surface area contributed by atoms with E-state index in [0.29, 0.717) is 8.87 Å². The van der Waals surface area contributed by atoms with Gasteiger partial charge in [0.05, 0.1) is 0 Å². The Hall–Kier alpha value is 0.619. The van der Waals surface area contributed by atoms with Crippen LogP contribution in [0.4, 0.5) is 0 Å². The van der Waals surface area contributed by atoms with Crippen molar-refractivity contribution in [2.24, 2.45) is 0 Å². The van der Waals surface area contributed by atoms with Crippen LogP contribution >= 0.6 is 0 Å². The van der Waals surface area contributed by atoms with Crippen molar-refractivity contribution < 1.29 is 21.9 Å². The number of hydrogen-bond acceptors (Lipinski definition) is 6. The van der Waals surface area contributed by atoms with Crippen LogP contribution in [0.2, 0.25) is 8.87 Å². The maximum absolute atomic E-state index is 11.0. The molecule has 0 rings (SSSR count). The van der Waals surface area contributed by atoms with Crippen LogP contribution in [0.5, 0.6) is 0 Å². The summed E-state index contributed by atoms with van der Waals surface area (Å²) in [6, 6.07) is 0. The molecule has 0 aromatic rings. The van der Waals surface area contributed by atoms with Gasteiger partial charge < -0.3 is 0 Å². The summed E-state index contributed by atoms with van der Waals surface area (Å²) in [7, 11) is -7.35. The fourth-order valence-corrected chi connectivity index (χ4v) is 18.4. The van der Waals surface area contributed by atoms with Crippen molar-refractivity contribution in [3.05, 3.63) is 0 Å². The van der Waals surface area contributed by atoms with Crippen LogP contribution in [0, 0.1) is 0 Å². The third-order valence-corrected chi connectivity index (χ3v) is 19.4. The van der Waals surface area contributed by atoms with E-state index in [-0.39, 0.29) is 0 Å². The second kappa shape index (κ2) is 5.30. The van der Waals surface area contributed by atoms with E-state index < -0.39 is 39.4 Å². The predicted molar refractivity (Wildman–Crippen MR) is 58.6 cm³/mol. The van der Waals surface area contributed by atoms with Gasteiger partial charge in [0.1, 0.15) is 0 Å². The molecule has 0 radical (unpaired) electrons. The van der Waals surface area contributed by atoms with Crippen molar-refractivity contribution in [3.8, 4) is 0 Å². The van der Waals surface area contributed by atoms with E-state index in [1.54, 1.807) is 13.8 Å². The molecule has 0 aliphatic carbocycles. The molecular formula is C6H16O6S2Sn. The molecule has 0 aromatic carbocycles. The summed E-state index contributed by atoms with van der Waals surface area (Å²) in [6.45, 7) is 3.35. The molecule has 9 heteroatoms. The normalized spacial score (nSPS) is 14.1. The fourth-order valence-electron chi connectivity index (χ4n) is 1.05. The summed E-state index contributed by atoms with van der Waals surface area (Å²) in [6.07, 6.45) is 1.80. The van der Waals surface area contributed by atoms with Gasteiger partial charge >= 0.3 is 96.6 Å². The van der Waals surface area contributed by atoms with Gasteiger partial charge in [-0.15, -0.1) is 0 Å². The molecule has 0 aliphatic rings. The Balaban J connectivity index is 5.07. The van der Waals surface area contributed by atoms with Crippen molar-refractivity contribution in [2.75, 3.05) is 12.5 Å². The minimum absolute atomic E-state index is 0.325. The van der Waals surface area contributed by atoms with Gasteiger partial charge in [0.15, 0.2) is 0 Å². The van der Waals surface area contributed by atoms with Gasteiger partial charge in [0.2, 0.25) is 0 Å². The van der Waals surface area contributed by atoms with Crippen LogP contribution in [0.3, 0.4) is 0 Å². The average Bonchev–Trinajstić information content (AvgIpc) is 1.98. The van der Waals surface area contributed by atoms with Crippen molar-refractivity contribution in [1.82, 2.24) is 0 Å². The first kappa shape index (κ1) is 15.6. The SMILES string of the molecule is C[CH2][Sn]([CH2]C)([O]S(C)(=O)=O)[O]S(C)(=O)=O. The molecule has 0 aromatic heterocycles. The Morgan fingerprint density at radius 3 is 1.27 bits per heavy atom. The van der Waals surface area contributed by atoms with E-state index in [9.17, 15) is 16.8 Å². The molecule has 6 nitrogen and oxygen atoms in total. The van der Waals surface area contributed by atoms with Crippen LogP contribution in [0.25, 0.3) is 0 Å². The Labute approximate surface area is 96.2 Å². The Morgan fingerprint density at radius 1 is 0.867 bits per heavy atom. The quantitative estimate of drug-likeness (QED) is 0.633. The molecule has 0 N–H and O–H groups in total. The summed E-state index contributed by atoms with van der Waals surface area (Å²) in [5, 5.41) is 0. The van der Waals surface area contributed by atoms with E-state index in [0.717, 1.165) is 12.5 Å². The van der Waals surface area contributed by atoms with Crippen LogP contribution in [-0.4, -0.2) is 48.6 Å². The Bertz CT molecular complexity index is 357. The topological polar surface area (TPSA) is 86.7 Å². The second-order valence-electron chi connectivity index (χ2n) is 3.19. The monoisotopic (exact) mass is 368 g/mol. The zero-order valence-corrected chi connectivity index (χ0v) is 13.7. The first-order valence-electron chi connectivity index (χ1n) is 4.35. The summed E-state index contributed by atoms with van der Waals surface area (Å²) in [5.41, 5.74) is 0. The van der Waals surface area contributed by atoms with Gasteiger partial charge in [-0.1, -0.05) is 0 Å². The van der Waals surface area contributed by atoms with E-state index >= 15 is 0 Å². The zero-order chi connectivity index (χ0) is 12.3. The van der Waals surface area contributed by atoms with E-state index in [1.807, 2.05) is 0 Å². The Morgan fingerprint density at radius 2 is 1.13 bits per heavy atom. The number of hydrogen-bond donors (Lipinski definition) is 0. The van der Waals surface area contributed by atoms with Crippen molar-refractivity contribution >= 4 is 39.4 Å². The molecule has 92 valence electrons. The van der Waals surface area contributed by atoms with Gasteiger partial charge in [-0.2, -0.15) is 0 Å². The summed E-state index contributed by atoms with van der Waals surface area (Å²) >= 11 is -3.99.